The number of carbonyl (C=O) groups is 2. The molecule has 0 bridgehead atoms. The second kappa shape index (κ2) is 10.2. The van der Waals surface area contributed by atoms with Crippen molar-refractivity contribution in [3.8, 4) is 11.5 Å². The lowest BCUT2D eigenvalue weighted by molar-refractivity contribution is -0.118. The predicted octanol–water partition coefficient (Wildman–Crippen LogP) is 4.28. The quantitative estimate of drug-likeness (QED) is 0.394. The van der Waals surface area contributed by atoms with Gasteiger partial charge in [-0.05, 0) is 66.7 Å². The molecule has 4 rings (SSSR count). The molecule has 0 radical (unpaired) electrons. The van der Waals surface area contributed by atoms with Gasteiger partial charge in [-0.1, -0.05) is 42.5 Å². The molecule has 3 aromatic rings. The molecule has 1 heterocycles. The lowest BCUT2D eigenvalue weighted by Gasteiger charge is -2.13. The van der Waals surface area contributed by atoms with Crippen LogP contribution in [-0.4, -0.2) is 30.6 Å². The number of anilines is 2. The van der Waals surface area contributed by atoms with Crippen LogP contribution in [-0.2, 0) is 9.59 Å². The number of thiocarbonyl (C=S) groups is 1. The molecule has 0 saturated carbocycles. The molecule has 1 saturated heterocycles. The Morgan fingerprint density at radius 2 is 1.79 bits per heavy atom. The van der Waals surface area contributed by atoms with Crippen LogP contribution >= 0.6 is 12.2 Å². The number of ether oxygens (including phenoxy) is 2. The topological polar surface area (TPSA) is 79.9 Å². The van der Waals surface area contributed by atoms with Crippen molar-refractivity contribution in [2.24, 2.45) is 0 Å². The van der Waals surface area contributed by atoms with Gasteiger partial charge in [0, 0.05) is 5.69 Å². The number of nitrogens with one attached hydrogen (secondary N) is 2. The third kappa shape index (κ3) is 5.07. The van der Waals surface area contributed by atoms with Crippen LogP contribution in [0.1, 0.15) is 11.1 Å². The van der Waals surface area contributed by atoms with Crippen molar-refractivity contribution < 1.29 is 19.1 Å². The highest BCUT2D eigenvalue weighted by Crippen LogP contribution is 2.30. The molecule has 0 spiro atoms. The van der Waals surface area contributed by atoms with E-state index in [1.165, 1.54) is 12.0 Å². The highest BCUT2D eigenvalue weighted by atomic mass is 32.1. The van der Waals surface area contributed by atoms with E-state index in [0.717, 1.165) is 11.3 Å². The lowest BCUT2D eigenvalue weighted by atomic mass is 10.1. The number of carbonyl (C=O) groups excluding carboxylic acids is 2. The van der Waals surface area contributed by atoms with Gasteiger partial charge in [0.25, 0.3) is 11.8 Å². The number of aryl methyl sites for hydroxylation is 1. The molecule has 0 aromatic heterocycles. The summed E-state index contributed by atoms with van der Waals surface area (Å²) in [4.78, 5) is 26.6. The molecule has 34 heavy (non-hydrogen) atoms. The molecule has 0 atom stereocenters. The molecular formula is C26H23N3O4S. The summed E-state index contributed by atoms with van der Waals surface area (Å²) >= 11 is 5.35. The van der Waals surface area contributed by atoms with Crippen molar-refractivity contribution in [2.75, 3.05) is 23.9 Å². The van der Waals surface area contributed by atoms with Gasteiger partial charge < -0.3 is 20.1 Å². The van der Waals surface area contributed by atoms with E-state index < -0.39 is 0 Å². The first-order valence-corrected chi connectivity index (χ1v) is 11.0. The minimum Gasteiger partial charge on any atom is -0.493 e. The molecule has 8 heteroatoms. The summed E-state index contributed by atoms with van der Waals surface area (Å²) in [6, 6.07) is 21.9. The average molecular weight is 474 g/mol. The molecule has 2 amide bonds. The normalized spacial score (nSPS) is 14.2. The van der Waals surface area contributed by atoms with Crippen LogP contribution in [0.4, 0.5) is 11.4 Å². The van der Waals surface area contributed by atoms with E-state index in [2.05, 4.69) is 10.6 Å². The second-order valence-corrected chi connectivity index (χ2v) is 7.91. The van der Waals surface area contributed by atoms with E-state index in [1.54, 1.807) is 24.3 Å². The molecule has 1 aliphatic rings. The predicted molar refractivity (Wildman–Crippen MR) is 136 cm³/mol. The highest BCUT2D eigenvalue weighted by molar-refractivity contribution is 7.80. The fourth-order valence-electron chi connectivity index (χ4n) is 3.45. The summed E-state index contributed by atoms with van der Waals surface area (Å²) in [6.07, 6.45) is 1.69. The summed E-state index contributed by atoms with van der Waals surface area (Å²) in [7, 11) is 1.51. The Morgan fingerprint density at radius 1 is 1.06 bits per heavy atom. The van der Waals surface area contributed by atoms with Crippen molar-refractivity contribution in [3.63, 3.8) is 0 Å². The van der Waals surface area contributed by atoms with Gasteiger partial charge in [0.2, 0.25) is 0 Å². The fourth-order valence-corrected chi connectivity index (χ4v) is 3.75. The van der Waals surface area contributed by atoms with Crippen molar-refractivity contribution in [1.82, 2.24) is 5.32 Å². The van der Waals surface area contributed by atoms with Gasteiger partial charge in [-0.3, -0.25) is 14.5 Å². The van der Waals surface area contributed by atoms with Crippen LogP contribution in [0.5, 0.6) is 11.5 Å². The molecule has 0 unspecified atom stereocenters. The van der Waals surface area contributed by atoms with Gasteiger partial charge in [0.15, 0.2) is 23.2 Å². The zero-order valence-corrected chi connectivity index (χ0v) is 19.5. The third-order valence-corrected chi connectivity index (χ3v) is 5.45. The maximum absolute atomic E-state index is 12.9. The first kappa shape index (κ1) is 23.0. The molecule has 3 aromatic carbocycles. The van der Waals surface area contributed by atoms with Gasteiger partial charge in [-0.2, -0.15) is 0 Å². The van der Waals surface area contributed by atoms with E-state index in [1.807, 2.05) is 61.5 Å². The van der Waals surface area contributed by atoms with E-state index in [-0.39, 0.29) is 18.4 Å². The smallest absolute Gasteiger partial charge is 0.281 e. The molecule has 7 nitrogen and oxygen atoms in total. The summed E-state index contributed by atoms with van der Waals surface area (Å²) in [5, 5.41) is 6.11. The van der Waals surface area contributed by atoms with Gasteiger partial charge in [0.1, 0.15) is 5.70 Å². The number of hydrogen-bond donors (Lipinski definition) is 2. The highest BCUT2D eigenvalue weighted by Gasteiger charge is 2.31. The molecule has 0 aliphatic carbocycles. The minimum absolute atomic E-state index is 0.175. The Bertz CT molecular complexity index is 1270. The van der Waals surface area contributed by atoms with Gasteiger partial charge in [-0.15, -0.1) is 0 Å². The largest absolute Gasteiger partial charge is 0.493 e. The molecule has 2 N–H and O–H groups in total. The minimum atomic E-state index is -0.280. The zero-order valence-electron chi connectivity index (χ0n) is 18.7. The van der Waals surface area contributed by atoms with Crippen LogP contribution < -0.4 is 25.0 Å². The summed E-state index contributed by atoms with van der Waals surface area (Å²) in [5.41, 5.74) is 3.45. The number of nitrogens with zero attached hydrogens (tertiary/aromatic N) is 1. The van der Waals surface area contributed by atoms with E-state index >= 15 is 0 Å². The van der Waals surface area contributed by atoms with Crippen LogP contribution in [0.25, 0.3) is 6.08 Å². The maximum Gasteiger partial charge on any atom is 0.281 e. The summed E-state index contributed by atoms with van der Waals surface area (Å²) < 4.78 is 11.1. The van der Waals surface area contributed by atoms with E-state index in [0.29, 0.717) is 33.6 Å². The Kier molecular flexibility index (Phi) is 6.89. The van der Waals surface area contributed by atoms with Crippen molar-refractivity contribution in [2.45, 2.75) is 6.92 Å². The van der Waals surface area contributed by atoms with E-state index in [4.69, 9.17) is 21.7 Å². The van der Waals surface area contributed by atoms with Crippen molar-refractivity contribution in [3.05, 3.63) is 89.6 Å². The first-order valence-electron chi connectivity index (χ1n) is 10.5. The molecule has 1 fully saturated rings. The number of para-hydroxylation sites is 2. The standard InChI is InChI=1S/C26H23N3O4S/c1-17-8-6-7-11-20(17)27-24(30)16-33-22-13-12-18(15-23(22)32-2)14-21-25(31)29(26(34)28-21)19-9-4-3-5-10-19/h3-15H,16H2,1-2H3,(H,27,30)(H,28,34)/b21-14+. The monoisotopic (exact) mass is 473 g/mol. The zero-order chi connectivity index (χ0) is 24.1. The Balaban J connectivity index is 1.45. The third-order valence-electron chi connectivity index (χ3n) is 5.17. The summed E-state index contributed by atoms with van der Waals surface area (Å²) in [6.45, 7) is 1.74. The van der Waals surface area contributed by atoms with Crippen LogP contribution in [0.15, 0.2) is 78.5 Å². The van der Waals surface area contributed by atoms with Crippen LogP contribution in [0.2, 0.25) is 0 Å². The van der Waals surface area contributed by atoms with Gasteiger partial charge >= 0.3 is 0 Å². The van der Waals surface area contributed by atoms with Crippen LogP contribution in [0.3, 0.4) is 0 Å². The second-order valence-electron chi connectivity index (χ2n) is 7.53. The molecule has 172 valence electrons. The lowest BCUT2D eigenvalue weighted by Crippen LogP contribution is -2.30. The maximum atomic E-state index is 12.9. The van der Waals surface area contributed by atoms with Crippen molar-refractivity contribution >= 4 is 46.6 Å². The SMILES string of the molecule is COc1cc(/C=C2/NC(=S)N(c3ccccc3)C2=O)ccc1OCC(=O)Nc1ccccc1C. The Labute approximate surface area is 203 Å². The fraction of sp³-hybridized carbons (Fsp3) is 0.115. The number of amides is 2. The van der Waals surface area contributed by atoms with Gasteiger partial charge in [-0.25, -0.2) is 0 Å². The Morgan fingerprint density at radius 3 is 2.53 bits per heavy atom. The number of benzene rings is 3. The van der Waals surface area contributed by atoms with E-state index in [9.17, 15) is 9.59 Å². The van der Waals surface area contributed by atoms with Crippen molar-refractivity contribution in [1.29, 1.82) is 0 Å². The molecular weight excluding hydrogens is 450 g/mol. The average Bonchev–Trinajstić information content (AvgIpc) is 3.12. The number of hydrogen-bond acceptors (Lipinski definition) is 5. The van der Waals surface area contributed by atoms with Crippen LogP contribution in [0, 0.1) is 6.92 Å². The van der Waals surface area contributed by atoms with Gasteiger partial charge in [0.05, 0.1) is 12.8 Å². The Hall–Kier alpha value is -4.17. The first-order chi connectivity index (χ1) is 16.5. The number of rotatable bonds is 7. The summed E-state index contributed by atoms with van der Waals surface area (Å²) in [5.74, 6) is 0.323. The molecule has 1 aliphatic heterocycles. The number of methoxy groups -OCH3 is 1.